The van der Waals surface area contributed by atoms with E-state index in [1.54, 1.807) is 0 Å². The van der Waals surface area contributed by atoms with E-state index in [0.29, 0.717) is 11.8 Å². The van der Waals surface area contributed by atoms with Crippen LogP contribution in [0.4, 0.5) is 0 Å². The van der Waals surface area contributed by atoms with Gasteiger partial charge in [-0.25, -0.2) is 0 Å². The summed E-state index contributed by atoms with van der Waals surface area (Å²) in [6.45, 7) is 0. The summed E-state index contributed by atoms with van der Waals surface area (Å²) in [5, 5.41) is 18.2. The molecule has 0 amide bonds. The molecular formula is C14H22O4. The summed E-state index contributed by atoms with van der Waals surface area (Å²) in [4.78, 5) is 22.2. The molecular weight excluding hydrogens is 232 g/mol. The number of carbonyl (C=O) groups is 2. The number of hydrogen-bond donors (Lipinski definition) is 2. The molecule has 0 spiro atoms. The van der Waals surface area contributed by atoms with Crippen LogP contribution in [0.5, 0.6) is 0 Å². The van der Waals surface area contributed by atoms with E-state index < -0.39 is 17.9 Å². The van der Waals surface area contributed by atoms with Crippen molar-refractivity contribution in [3.8, 4) is 0 Å². The lowest BCUT2D eigenvalue weighted by Crippen LogP contribution is -2.39. The van der Waals surface area contributed by atoms with Gasteiger partial charge in [0, 0.05) is 0 Å². The second-order valence-corrected chi connectivity index (χ2v) is 5.85. The van der Waals surface area contributed by atoms with Gasteiger partial charge in [0.05, 0.1) is 12.3 Å². The zero-order valence-corrected chi connectivity index (χ0v) is 10.7. The van der Waals surface area contributed by atoms with Gasteiger partial charge < -0.3 is 10.2 Å². The molecule has 0 heterocycles. The van der Waals surface area contributed by atoms with E-state index in [1.165, 1.54) is 25.7 Å². The van der Waals surface area contributed by atoms with Gasteiger partial charge in [-0.15, -0.1) is 0 Å². The molecule has 0 bridgehead atoms. The number of carboxylic acid groups (broad SMARTS) is 2. The normalized spacial score (nSPS) is 33.4. The summed E-state index contributed by atoms with van der Waals surface area (Å²) in [7, 11) is 0. The molecule has 2 N–H and O–H groups in total. The second-order valence-electron chi connectivity index (χ2n) is 5.85. The van der Waals surface area contributed by atoms with Crippen molar-refractivity contribution in [2.45, 2.75) is 51.4 Å². The highest BCUT2D eigenvalue weighted by atomic mass is 16.4. The van der Waals surface area contributed by atoms with Gasteiger partial charge in [0.25, 0.3) is 0 Å². The van der Waals surface area contributed by atoms with Gasteiger partial charge in [-0.2, -0.15) is 0 Å². The monoisotopic (exact) mass is 254 g/mol. The van der Waals surface area contributed by atoms with E-state index in [1.807, 2.05) is 0 Å². The average Bonchev–Trinajstić information content (AvgIpc) is 2.35. The Balaban J connectivity index is 2.11. The second kappa shape index (κ2) is 5.72. The highest BCUT2D eigenvalue weighted by Gasteiger charge is 2.41. The Morgan fingerprint density at radius 1 is 1.00 bits per heavy atom. The van der Waals surface area contributed by atoms with Gasteiger partial charge in [0.1, 0.15) is 0 Å². The number of hydrogen-bond acceptors (Lipinski definition) is 2. The molecule has 4 nitrogen and oxygen atoms in total. The largest absolute Gasteiger partial charge is 0.481 e. The van der Waals surface area contributed by atoms with Gasteiger partial charge in [-0.3, -0.25) is 9.59 Å². The van der Waals surface area contributed by atoms with Crippen molar-refractivity contribution in [3.05, 3.63) is 0 Å². The van der Waals surface area contributed by atoms with E-state index in [-0.39, 0.29) is 12.3 Å². The maximum absolute atomic E-state index is 11.3. The van der Waals surface area contributed by atoms with Crippen molar-refractivity contribution in [3.63, 3.8) is 0 Å². The molecule has 2 aliphatic carbocycles. The number of aliphatic carboxylic acids is 2. The van der Waals surface area contributed by atoms with Gasteiger partial charge in [-0.05, 0) is 30.6 Å². The minimum absolute atomic E-state index is 0.0812. The minimum Gasteiger partial charge on any atom is -0.481 e. The quantitative estimate of drug-likeness (QED) is 0.809. The Hall–Kier alpha value is -1.06. The minimum atomic E-state index is -0.986. The molecule has 0 aromatic carbocycles. The smallest absolute Gasteiger partial charge is 0.307 e. The molecule has 0 radical (unpaired) electrons. The lowest BCUT2D eigenvalue weighted by atomic mass is 9.61. The van der Waals surface area contributed by atoms with E-state index in [2.05, 4.69) is 0 Å². The Morgan fingerprint density at radius 2 is 1.67 bits per heavy atom. The van der Waals surface area contributed by atoms with Crippen molar-refractivity contribution in [1.82, 2.24) is 0 Å². The topological polar surface area (TPSA) is 74.6 Å². The molecule has 2 rings (SSSR count). The van der Waals surface area contributed by atoms with E-state index in [4.69, 9.17) is 5.11 Å². The van der Waals surface area contributed by atoms with Crippen molar-refractivity contribution in [2.24, 2.45) is 23.7 Å². The predicted octanol–water partition coefficient (Wildman–Crippen LogP) is 2.77. The first-order valence-electron chi connectivity index (χ1n) is 7.04. The van der Waals surface area contributed by atoms with Crippen LogP contribution in [0.15, 0.2) is 0 Å². The Kier molecular flexibility index (Phi) is 4.25. The lowest BCUT2D eigenvalue weighted by Gasteiger charge is -2.43. The third-order valence-electron chi connectivity index (χ3n) is 4.86. The first kappa shape index (κ1) is 13.4. The summed E-state index contributed by atoms with van der Waals surface area (Å²) >= 11 is 0. The summed E-state index contributed by atoms with van der Waals surface area (Å²) in [5.41, 5.74) is 0. The molecule has 0 aromatic rings. The fourth-order valence-electron chi connectivity index (χ4n) is 4.10. The van der Waals surface area contributed by atoms with Crippen molar-refractivity contribution < 1.29 is 19.8 Å². The molecule has 4 atom stereocenters. The fraction of sp³-hybridized carbons (Fsp3) is 0.857. The third kappa shape index (κ3) is 2.85. The zero-order valence-electron chi connectivity index (χ0n) is 10.7. The van der Waals surface area contributed by atoms with Crippen LogP contribution in [0.25, 0.3) is 0 Å². The summed E-state index contributed by atoms with van der Waals surface area (Å²) in [6, 6.07) is 0. The van der Waals surface area contributed by atoms with Crippen LogP contribution in [0, 0.1) is 23.7 Å². The van der Waals surface area contributed by atoms with Crippen molar-refractivity contribution >= 4 is 11.9 Å². The van der Waals surface area contributed by atoms with E-state index in [9.17, 15) is 14.7 Å². The molecule has 18 heavy (non-hydrogen) atoms. The summed E-state index contributed by atoms with van der Waals surface area (Å²) in [5.74, 6) is -1.42. The average molecular weight is 254 g/mol. The summed E-state index contributed by atoms with van der Waals surface area (Å²) < 4.78 is 0. The number of rotatable bonds is 4. The van der Waals surface area contributed by atoms with E-state index >= 15 is 0 Å². The SMILES string of the molecule is O=C(O)CC(C(=O)O)C1CCCC2CCCCC21. The van der Waals surface area contributed by atoms with Crippen LogP contribution in [0.2, 0.25) is 0 Å². The Labute approximate surface area is 107 Å². The molecule has 0 aliphatic heterocycles. The van der Waals surface area contributed by atoms with Gasteiger partial charge >= 0.3 is 11.9 Å². The number of carboxylic acids is 2. The van der Waals surface area contributed by atoms with Crippen LogP contribution >= 0.6 is 0 Å². The molecule has 4 unspecified atom stereocenters. The zero-order chi connectivity index (χ0) is 13.1. The third-order valence-corrected chi connectivity index (χ3v) is 4.86. The van der Waals surface area contributed by atoms with Gasteiger partial charge in [0.15, 0.2) is 0 Å². The molecule has 2 fully saturated rings. The van der Waals surface area contributed by atoms with Crippen LogP contribution in [-0.2, 0) is 9.59 Å². The van der Waals surface area contributed by atoms with Crippen LogP contribution < -0.4 is 0 Å². The molecule has 0 saturated heterocycles. The van der Waals surface area contributed by atoms with Crippen LogP contribution in [0.1, 0.15) is 51.4 Å². The highest BCUT2D eigenvalue weighted by molar-refractivity contribution is 5.78. The first-order chi connectivity index (χ1) is 8.59. The molecule has 0 aromatic heterocycles. The van der Waals surface area contributed by atoms with Crippen LogP contribution in [-0.4, -0.2) is 22.2 Å². The van der Waals surface area contributed by atoms with Crippen molar-refractivity contribution in [2.75, 3.05) is 0 Å². The molecule has 102 valence electrons. The predicted molar refractivity (Wildman–Crippen MR) is 66.2 cm³/mol. The molecule has 4 heteroatoms. The van der Waals surface area contributed by atoms with Gasteiger partial charge in [0.2, 0.25) is 0 Å². The standard InChI is InChI=1S/C14H22O4/c15-13(16)8-12(14(17)18)11-7-3-5-9-4-1-2-6-10(9)11/h9-12H,1-8H2,(H,15,16)(H,17,18). The molecule has 2 aliphatic rings. The first-order valence-corrected chi connectivity index (χ1v) is 7.04. The fourth-order valence-corrected chi connectivity index (χ4v) is 4.10. The van der Waals surface area contributed by atoms with Crippen LogP contribution in [0.3, 0.4) is 0 Å². The Bertz CT molecular complexity index is 324. The lowest BCUT2D eigenvalue weighted by molar-refractivity contribution is -0.152. The van der Waals surface area contributed by atoms with Crippen molar-refractivity contribution in [1.29, 1.82) is 0 Å². The number of fused-ring (bicyclic) bond motifs is 1. The highest BCUT2D eigenvalue weighted by Crippen LogP contribution is 2.47. The maximum Gasteiger partial charge on any atom is 0.307 e. The maximum atomic E-state index is 11.3. The van der Waals surface area contributed by atoms with Gasteiger partial charge in [-0.1, -0.05) is 32.1 Å². The molecule has 2 saturated carbocycles. The summed E-state index contributed by atoms with van der Waals surface area (Å²) in [6.07, 6.45) is 7.69. The Morgan fingerprint density at radius 3 is 2.33 bits per heavy atom. The van der Waals surface area contributed by atoms with E-state index in [0.717, 1.165) is 19.3 Å².